The van der Waals surface area contributed by atoms with Crippen molar-refractivity contribution in [1.29, 1.82) is 0 Å². The first kappa shape index (κ1) is 12.1. The largest absolute Gasteiger partial charge is 0.372 e. The van der Waals surface area contributed by atoms with E-state index in [0.29, 0.717) is 13.2 Å². The third-order valence-corrected chi connectivity index (χ3v) is 3.01. The molecule has 1 atom stereocenters. The van der Waals surface area contributed by atoms with Gasteiger partial charge in [-0.15, -0.1) is 0 Å². The van der Waals surface area contributed by atoms with Crippen molar-refractivity contribution in [2.45, 2.75) is 33.1 Å². The van der Waals surface area contributed by atoms with Gasteiger partial charge in [0.1, 0.15) is 0 Å². The van der Waals surface area contributed by atoms with Crippen molar-refractivity contribution in [2.24, 2.45) is 11.7 Å². The van der Waals surface area contributed by atoms with Crippen LogP contribution in [0.1, 0.15) is 25.0 Å². The molecule has 1 heterocycles. The number of anilines is 1. The van der Waals surface area contributed by atoms with Crippen LogP contribution in [-0.4, -0.2) is 11.9 Å². The monoisotopic (exact) mass is 234 g/mol. The molecule has 0 radical (unpaired) electrons. The van der Waals surface area contributed by atoms with Gasteiger partial charge in [0.15, 0.2) is 0 Å². The van der Waals surface area contributed by atoms with E-state index in [1.54, 1.807) is 0 Å². The Kier molecular flexibility index (Phi) is 3.45. The highest BCUT2D eigenvalue weighted by molar-refractivity contribution is 5.94. The van der Waals surface area contributed by atoms with Crippen molar-refractivity contribution < 1.29 is 9.53 Å². The average Bonchev–Trinajstić information content (AvgIpc) is 2.74. The predicted molar refractivity (Wildman–Crippen MR) is 66.4 cm³/mol. The van der Waals surface area contributed by atoms with E-state index in [1.165, 1.54) is 5.56 Å². The molecule has 0 aromatic heterocycles. The van der Waals surface area contributed by atoms with Gasteiger partial charge in [-0.25, -0.2) is 0 Å². The fraction of sp³-hybridized carbons (Fsp3) is 0.462. The average molecular weight is 234 g/mol. The van der Waals surface area contributed by atoms with E-state index >= 15 is 0 Å². The summed E-state index contributed by atoms with van der Waals surface area (Å²) < 4.78 is 5.32. The lowest BCUT2D eigenvalue weighted by atomic mass is 10.0. The number of amides is 1. The highest BCUT2D eigenvalue weighted by Gasteiger charge is 2.18. The van der Waals surface area contributed by atoms with Gasteiger partial charge in [-0.2, -0.15) is 0 Å². The van der Waals surface area contributed by atoms with Crippen LogP contribution in [-0.2, 0) is 22.7 Å². The molecule has 0 bridgehead atoms. The van der Waals surface area contributed by atoms with E-state index in [4.69, 9.17) is 10.5 Å². The fourth-order valence-electron chi connectivity index (χ4n) is 1.78. The molecule has 1 aromatic rings. The van der Waals surface area contributed by atoms with Crippen molar-refractivity contribution in [3.8, 4) is 0 Å². The van der Waals surface area contributed by atoms with Gasteiger partial charge in [-0.1, -0.05) is 19.9 Å². The number of ether oxygens (including phenoxy) is 1. The Morgan fingerprint density at radius 2 is 2.06 bits per heavy atom. The summed E-state index contributed by atoms with van der Waals surface area (Å²) in [6.45, 7) is 5.14. The number of fused-ring (bicyclic) bond motifs is 1. The van der Waals surface area contributed by atoms with Crippen LogP contribution in [0.3, 0.4) is 0 Å². The van der Waals surface area contributed by atoms with Crippen molar-refractivity contribution in [2.75, 3.05) is 5.32 Å². The highest BCUT2D eigenvalue weighted by atomic mass is 16.5. The zero-order valence-corrected chi connectivity index (χ0v) is 10.2. The number of nitrogens with two attached hydrogens (primary N) is 1. The van der Waals surface area contributed by atoms with E-state index in [0.717, 1.165) is 11.3 Å². The summed E-state index contributed by atoms with van der Waals surface area (Å²) in [5, 5.41) is 2.83. The van der Waals surface area contributed by atoms with Gasteiger partial charge in [0.2, 0.25) is 5.91 Å². The molecule has 0 fully saturated rings. The van der Waals surface area contributed by atoms with E-state index in [-0.39, 0.29) is 11.8 Å². The Labute approximate surface area is 101 Å². The standard InChI is InChI=1S/C13H18N2O2/c1-8(2)12(14)13(16)15-11-4-3-9-6-17-7-10(9)5-11/h3-5,8,12H,6-7,14H2,1-2H3,(H,15,16)/t12-/m0/s1. The zero-order chi connectivity index (χ0) is 12.4. The Morgan fingerprint density at radius 1 is 1.35 bits per heavy atom. The van der Waals surface area contributed by atoms with Crippen LogP contribution < -0.4 is 11.1 Å². The summed E-state index contributed by atoms with van der Waals surface area (Å²) in [6.07, 6.45) is 0. The third kappa shape index (κ3) is 2.65. The van der Waals surface area contributed by atoms with Crippen LogP contribution in [0, 0.1) is 5.92 Å². The summed E-state index contributed by atoms with van der Waals surface area (Å²) in [5.74, 6) is -0.00775. The van der Waals surface area contributed by atoms with Crippen molar-refractivity contribution in [1.82, 2.24) is 0 Å². The molecular formula is C13H18N2O2. The van der Waals surface area contributed by atoms with Gasteiger partial charge in [0.25, 0.3) is 0 Å². The van der Waals surface area contributed by atoms with Crippen LogP contribution in [0.5, 0.6) is 0 Å². The molecule has 1 aliphatic rings. The van der Waals surface area contributed by atoms with Crippen LogP contribution in [0.25, 0.3) is 0 Å². The minimum atomic E-state index is -0.473. The molecule has 2 rings (SSSR count). The van der Waals surface area contributed by atoms with E-state index < -0.39 is 6.04 Å². The SMILES string of the molecule is CC(C)[C@H](N)C(=O)Nc1ccc2c(c1)COC2. The second-order valence-corrected chi connectivity index (χ2v) is 4.74. The molecular weight excluding hydrogens is 216 g/mol. The number of rotatable bonds is 3. The van der Waals surface area contributed by atoms with Crippen LogP contribution in [0.15, 0.2) is 18.2 Å². The summed E-state index contributed by atoms with van der Waals surface area (Å²) in [5.41, 5.74) is 8.90. The lowest BCUT2D eigenvalue weighted by molar-refractivity contribution is -0.118. The normalized spacial score (nSPS) is 15.8. The number of carbonyl (C=O) groups excluding carboxylic acids is 1. The van der Waals surface area contributed by atoms with Crippen molar-refractivity contribution in [3.63, 3.8) is 0 Å². The maximum Gasteiger partial charge on any atom is 0.241 e. The summed E-state index contributed by atoms with van der Waals surface area (Å²) >= 11 is 0. The van der Waals surface area contributed by atoms with E-state index in [2.05, 4.69) is 5.32 Å². The molecule has 92 valence electrons. The van der Waals surface area contributed by atoms with Gasteiger partial charge in [-0.05, 0) is 29.2 Å². The van der Waals surface area contributed by atoms with E-state index in [1.807, 2.05) is 32.0 Å². The number of hydrogen-bond donors (Lipinski definition) is 2. The molecule has 1 aliphatic heterocycles. The maximum absolute atomic E-state index is 11.8. The minimum Gasteiger partial charge on any atom is -0.372 e. The Bertz CT molecular complexity index is 429. The molecule has 0 spiro atoms. The summed E-state index contributed by atoms with van der Waals surface area (Å²) in [4.78, 5) is 11.8. The number of benzene rings is 1. The molecule has 1 aromatic carbocycles. The molecule has 0 saturated heterocycles. The van der Waals surface area contributed by atoms with Crippen molar-refractivity contribution >= 4 is 11.6 Å². The predicted octanol–water partition coefficient (Wildman–Crippen LogP) is 1.64. The van der Waals surface area contributed by atoms with Gasteiger partial charge in [0.05, 0.1) is 19.3 Å². The smallest absolute Gasteiger partial charge is 0.241 e. The van der Waals surface area contributed by atoms with Gasteiger partial charge < -0.3 is 15.8 Å². The maximum atomic E-state index is 11.8. The Hall–Kier alpha value is -1.39. The highest BCUT2D eigenvalue weighted by Crippen LogP contribution is 2.23. The number of carbonyl (C=O) groups is 1. The molecule has 0 saturated carbocycles. The van der Waals surface area contributed by atoms with Gasteiger partial charge in [0, 0.05) is 5.69 Å². The molecule has 1 amide bonds. The molecule has 4 heteroatoms. The lowest BCUT2D eigenvalue weighted by Crippen LogP contribution is -2.39. The summed E-state index contributed by atoms with van der Waals surface area (Å²) in [6, 6.07) is 5.35. The van der Waals surface area contributed by atoms with Crippen LogP contribution in [0.4, 0.5) is 5.69 Å². The molecule has 4 nitrogen and oxygen atoms in total. The second kappa shape index (κ2) is 4.85. The third-order valence-electron chi connectivity index (χ3n) is 3.01. The number of hydrogen-bond acceptors (Lipinski definition) is 3. The molecule has 3 N–H and O–H groups in total. The lowest BCUT2D eigenvalue weighted by Gasteiger charge is -2.15. The fourth-order valence-corrected chi connectivity index (χ4v) is 1.78. The second-order valence-electron chi connectivity index (χ2n) is 4.74. The van der Waals surface area contributed by atoms with Gasteiger partial charge >= 0.3 is 0 Å². The topological polar surface area (TPSA) is 64.4 Å². The minimum absolute atomic E-state index is 0.132. The Morgan fingerprint density at radius 3 is 2.76 bits per heavy atom. The van der Waals surface area contributed by atoms with Crippen LogP contribution >= 0.6 is 0 Å². The number of nitrogens with one attached hydrogen (secondary N) is 1. The Balaban J connectivity index is 2.07. The first-order valence-corrected chi connectivity index (χ1v) is 5.84. The molecule has 0 aliphatic carbocycles. The van der Waals surface area contributed by atoms with Crippen LogP contribution in [0.2, 0.25) is 0 Å². The quantitative estimate of drug-likeness (QED) is 0.835. The molecule has 17 heavy (non-hydrogen) atoms. The summed E-state index contributed by atoms with van der Waals surface area (Å²) in [7, 11) is 0. The van der Waals surface area contributed by atoms with Gasteiger partial charge in [-0.3, -0.25) is 4.79 Å². The first-order valence-electron chi connectivity index (χ1n) is 5.84. The van der Waals surface area contributed by atoms with E-state index in [9.17, 15) is 4.79 Å². The molecule has 0 unspecified atom stereocenters. The zero-order valence-electron chi connectivity index (χ0n) is 10.2. The first-order chi connectivity index (χ1) is 8.08. The van der Waals surface area contributed by atoms with Crippen molar-refractivity contribution in [3.05, 3.63) is 29.3 Å².